The van der Waals surface area contributed by atoms with Gasteiger partial charge in [0.2, 0.25) is 0 Å². The Morgan fingerprint density at radius 2 is 1.90 bits per heavy atom. The first-order valence-electron chi connectivity index (χ1n) is 9.64. The van der Waals surface area contributed by atoms with Crippen LogP contribution in [0.2, 0.25) is 0 Å². The number of pyridine rings is 1. The zero-order valence-corrected chi connectivity index (χ0v) is 18.8. The molecule has 1 fully saturated rings. The van der Waals surface area contributed by atoms with Crippen LogP contribution in [0.1, 0.15) is 5.56 Å². The fourth-order valence-corrected chi connectivity index (χ4v) is 5.06. The van der Waals surface area contributed by atoms with Crippen molar-refractivity contribution in [2.45, 2.75) is 6.54 Å². The second-order valence-electron chi connectivity index (χ2n) is 7.15. The largest absolute Gasteiger partial charge is 0.368 e. The molecule has 8 heteroatoms. The van der Waals surface area contributed by atoms with Crippen LogP contribution in [0.5, 0.6) is 0 Å². The van der Waals surface area contributed by atoms with E-state index in [4.69, 9.17) is 4.98 Å². The van der Waals surface area contributed by atoms with Crippen LogP contribution in [0.25, 0.3) is 22.2 Å². The molecule has 0 radical (unpaired) electrons. The summed E-state index contributed by atoms with van der Waals surface area (Å²) in [6.07, 6.45) is 8.25. The van der Waals surface area contributed by atoms with Crippen molar-refractivity contribution < 1.29 is 0 Å². The molecule has 29 heavy (non-hydrogen) atoms. The summed E-state index contributed by atoms with van der Waals surface area (Å²) in [7, 11) is 1.64. The number of piperazine rings is 1. The van der Waals surface area contributed by atoms with Gasteiger partial charge >= 0.3 is 0 Å². The van der Waals surface area contributed by atoms with Gasteiger partial charge in [0.15, 0.2) is 5.65 Å². The van der Waals surface area contributed by atoms with Crippen LogP contribution >= 0.6 is 30.3 Å². The molecule has 0 unspecified atom stereocenters. The van der Waals surface area contributed by atoms with Crippen LogP contribution in [0, 0.1) is 0 Å². The van der Waals surface area contributed by atoms with Crippen LogP contribution in [0.4, 0.5) is 5.69 Å². The quantitative estimate of drug-likeness (QED) is 0.403. The Balaban J connectivity index is 1.52. The van der Waals surface area contributed by atoms with Crippen LogP contribution in [-0.4, -0.2) is 44.9 Å². The summed E-state index contributed by atoms with van der Waals surface area (Å²) in [5.74, 6) is 0. The molecule has 5 rings (SSSR count). The lowest BCUT2D eigenvalue weighted by molar-refractivity contribution is 0.589. The average Bonchev–Trinajstić information content (AvgIpc) is 3.39. The van der Waals surface area contributed by atoms with Crippen molar-refractivity contribution in [3.05, 3.63) is 66.7 Å². The standard InChI is InChI=1S/C21H21IN6S/c22-29-28-15-20(17-11-25-27(14-17)13-16-4-2-1-3-5-16)19-10-18(12-24-21(19)28)26-8-6-23-7-9-26/h1-5,10-12,14-15,23H,6-9,13H2. The minimum atomic E-state index is 0.769. The van der Waals surface area contributed by atoms with Gasteiger partial charge in [-0.15, -0.1) is 0 Å². The minimum Gasteiger partial charge on any atom is -0.368 e. The molecule has 1 saturated heterocycles. The molecule has 0 saturated carbocycles. The maximum absolute atomic E-state index is 4.80. The average molecular weight is 516 g/mol. The maximum atomic E-state index is 4.80. The van der Waals surface area contributed by atoms with Gasteiger partial charge in [-0.25, -0.2) is 4.98 Å². The summed E-state index contributed by atoms with van der Waals surface area (Å²) in [6.45, 7) is 4.83. The molecule has 4 aromatic rings. The molecule has 4 heterocycles. The molecule has 0 spiro atoms. The van der Waals surface area contributed by atoms with E-state index in [1.165, 1.54) is 22.2 Å². The van der Waals surface area contributed by atoms with Gasteiger partial charge in [0, 0.05) is 85.4 Å². The normalized spacial score (nSPS) is 14.6. The Morgan fingerprint density at radius 3 is 2.69 bits per heavy atom. The van der Waals surface area contributed by atoms with Crippen molar-refractivity contribution in [3.8, 4) is 11.1 Å². The van der Waals surface area contributed by atoms with Crippen molar-refractivity contribution in [2.24, 2.45) is 0 Å². The van der Waals surface area contributed by atoms with Crippen LogP contribution < -0.4 is 10.2 Å². The summed E-state index contributed by atoms with van der Waals surface area (Å²) in [5, 5.41) is 9.19. The Hall–Kier alpha value is -2.04. The van der Waals surface area contributed by atoms with E-state index in [9.17, 15) is 0 Å². The number of hydrogen-bond acceptors (Lipinski definition) is 5. The first kappa shape index (κ1) is 19.0. The van der Waals surface area contributed by atoms with Gasteiger partial charge in [0.1, 0.15) is 0 Å². The van der Waals surface area contributed by atoms with Crippen molar-refractivity contribution in [3.63, 3.8) is 0 Å². The van der Waals surface area contributed by atoms with Crippen LogP contribution in [0.3, 0.4) is 0 Å². The zero-order chi connectivity index (χ0) is 19.6. The van der Waals surface area contributed by atoms with E-state index in [1.807, 2.05) is 23.1 Å². The number of rotatable bonds is 5. The molecule has 1 aliphatic rings. The van der Waals surface area contributed by atoms with Gasteiger partial charge in [0.25, 0.3) is 0 Å². The lowest BCUT2D eigenvalue weighted by Gasteiger charge is -2.29. The molecule has 0 aliphatic carbocycles. The zero-order valence-electron chi connectivity index (χ0n) is 15.8. The number of benzene rings is 1. The number of anilines is 1. The SMILES string of the molecule is ISn1cc(-c2cnn(Cc3ccccc3)c2)c2cc(N3CCNCC3)cnc21. The predicted molar refractivity (Wildman–Crippen MR) is 129 cm³/mol. The molecule has 1 aromatic carbocycles. The molecule has 0 bridgehead atoms. The predicted octanol–water partition coefficient (Wildman–Crippen LogP) is 4.20. The third kappa shape index (κ3) is 3.88. The van der Waals surface area contributed by atoms with Gasteiger partial charge in [-0.3, -0.25) is 8.65 Å². The lowest BCUT2D eigenvalue weighted by Crippen LogP contribution is -2.43. The summed E-state index contributed by atoms with van der Waals surface area (Å²) in [6, 6.07) is 12.7. The molecule has 1 aliphatic heterocycles. The smallest absolute Gasteiger partial charge is 0.151 e. The van der Waals surface area contributed by atoms with Crippen molar-refractivity contribution in [1.29, 1.82) is 0 Å². The van der Waals surface area contributed by atoms with Gasteiger partial charge in [-0.05, 0) is 11.6 Å². The van der Waals surface area contributed by atoms with E-state index in [0.29, 0.717) is 0 Å². The third-order valence-electron chi connectivity index (χ3n) is 5.29. The van der Waals surface area contributed by atoms with E-state index < -0.39 is 0 Å². The molecule has 6 nitrogen and oxygen atoms in total. The van der Waals surface area contributed by atoms with Crippen LogP contribution in [0.15, 0.2) is 61.2 Å². The Bertz CT molecular complexity index is 1120. The Morgan fingerprint density at radius 1 is 1.07 bits per heavy atom. The summed E-state index contributed by atoms with van der Waals surface area (Å²) >= 11 is 2.31. The van der Waals surface area contributed by atoms with Gasteiger partial charge in [-0.2, -0.15) is 5.10 Å². The highest BCUT2D eigenvalue weighted by Gasteiger charge is 2.17. The first-order valence-corrected chi connectivity index (χ1v) is 13.0. The number of aromatic nitrogens is 4. The molecular weight excluding hydrogens is 495 g/mol. The van der Waals surface area contributed by atoms with Crippen molar-refractivity contribution >= 4 is 47.0 Å². The number of halogens is 1. The monoisotopic (exact) mass is 516 g/mol. The Kier molecular flexibility index (Phi) is 5.47. The molecule has 1 N–H and O–H groups in total. The number of fused-ring (bicyclic) bond motifs is 1. The fourth-order valence-electron chi connectivity index (χ4n) is 3.81. The van der Waals surface area contributed by atoms with E-state index in [2.05, 4.69) is 83.2 Å². The van der Waals surface area contributed by atoms with Crippen molar-refractivity contribution in [1.82, 2.24) is 24.1 Å². The van der Waals surface area contributed by atoms with E-state index in [-0.39, 0.29) is 0 Å². The second-order valence-corrected chi connectivity index (χ2v) is 8.86. The second kappa shape index (κ2) is 8.37. The highest BCUT2D eigenvalue weighted by molar-refractivity contribution is 14.2. The van der Waals surface area contributed by atoms with E-state index >= 15 is 0 Å². The van der Waals surface area contributed by atoms with Crippen LogP contribution in [-0.2, 0) is 6.54 Å². The maximum Gasteiger partial charge on any atom is 0.151 e. The number of hydrogen-bond donors (Lipinski definition) is 1. The molecule has 0 amide bonds. The van der Waals surface area contributed by atoms with Gasteiger partial charge in [-0.1, -0.05) is 30.3 Å². The topological polar surface area (TPSA) is 50.9 Å². The number of nitrogens with one attached hydrogen (secondary N) is 1. The summed E-state index contributed by atoms with van der Waals surface area (Å²) < 4.78 is 4.12. The van der Waals surface area contributed by atoms with Gasteiger partial charge in [0.05, 0.1) is 24.6 Å². The molecule has 3 aromatic heterocycles. The highest BCUT2D eigenvalue weighted by atomic mass is 127. The van der Waals surface area contributed by atoms with E-state index in [1.54, 1.807) is 9.12 Å². The lowest BCUT2D eigenvalue weighted by atomic mass is 10.1. The molecule has 0 atom stereocenters. The van der Waals surface area contributed by atoms with E-state index in [0.717, 1.165) is 43.9 Å². The van der Waals surface area contributed by atoms with Crippen molar-refractivity contribution in [2.75, 3.05) is 31.1 Å². The highest BCUT2D eigenvalue weighted by Crippen LogP contribution is 2.35. The first-order chi connectivity index (χ1) is 14.3. The summed E-state index contributed by atoms with van der Waals surface area (Å²) in [4.78, 5) is 7.20. The third-order valence-corrected chi connectivity index (χ3v) is 6.99. The molecule has 148 valence electrons. The fraction of sp³-hybridized carbons (Fsp3) is 0.238. The van der Waals surface area contributed by atoms with Gasteiger partial charge < -0.3 is 10.2 Å². The minimum absolute atomic E-state index is 0.769. The number of nitrogens with zero attached hydrogens (tertiary/aromatic N) is 5. The molecular formula is C21H21IN6S. The Labute approximate surface area is 186 Å². The summed E-state index contributed by atoms with van der Waals surface area (Å²) in [5.41, 5.74) is 5.72.